The number of carbonyl (C=O) groups is 2. The van der Waals surface area contributed by atoms with Crippen molar-refractivity contribution >= 4 is 18.0 Å². The molecule has 6 nitrogen and oxygen atoms in total. The standard InChI is InChI=1S/C19H27NO5/c1-13(17(21)25-20)16(18(22)24-19(2,3)4)8-6-7-14-9-11-15(23-5)12-10-14/h6-7,9-13,16H,8,20H2,1-5H3/b7-6+. The van der Waals surface area contributed by atoms with Gasteiger partial charge in [0.2, 0.25) is 0 Å². The molecule has 0 saturated heterocycles. The number of carbonyl (C=O) groups excluding carboxylic acids is 2. The molecule has 0 aliphatic rings. The average molecular weight is 349 g/mol. The lowest BCUT2D eigenvalue weighted by Crippen LogP contribution is -2.35. The Labute approximate surface area is 148 Å². The van der Waals surface area contributed by atoms with Crippen molar-refractivity contribution in [1.82, 2.24) is 0 Å². The fourth-order valence-electron chi connectivity index (χ4n) is 2.22. The van der Waals surface area contributed by atoms with E-state index in [0.29, 0.717) is 6.42 Å². The van der Waals surface area contributed by atoms with Crippen molar-refractivity contribution in [2.75, 3.05) is 7.11 Å². The van der Waals surface area contributed by atoms with Crippen molar-refractivity contribution in [2.45, 2.75) is 39.7 Å². The number of nitrogens with two attached hydrogens (primary N) is 1. The maximum atomic E-state index is 12.4. The van der Waals surface area contributed by atoms with Crippen LogP contribution in [0.5, 0.6) is 5.75 Å². The molecule has 0 bridgehead atoms. The molecule has 0 aromatic heterocycles. The topological polar surface area (TPSA) is 87.8 Å². The molecule has 1 aromatic rings. The van der Waals surface area contributed by atoms with Gasteiger partial charge in [-0.15, -0.1) is 0 Å². The normalized spacial score (nSPS) is 14.0. The summed E-state index contributed by atoms with van der Waals surface area (Å²) in [5, 5.41) is 0. The third-order valence-electron chi connectivity index (χ3n) is 3.62. The molecule has 2 N–H and O–H groups in total. The Morgan fingerprint density at radius 2 is 1.76 bits per heavy atom. The van der Waals surface area contributed by atoms with E-state index in [1.165, 1.54) is 0 Å². The first-order valence-corrected chi connectivity index (χ1v) is 8.12. The summed E-state index contributed by atoms with van der Waals surface area (Å²) in [7, 11) is 1.61. The van der Waals surface area contributed by atoms with E-state index >= 15 is 0 Å². The van der Waals surface area contributed by atoms with Gasteiger partial charge in [-0.1, -0.05) is 31.2 Å². The quantitative estimate of drug-likeness (QED) is 0.601. The zero-order chi connectivity index (χ0) is 19.0. The molecule has 0 spiro atoms. The Kier molecular flexibility index (Phi) is 7.64. The van der Waals surface area contributed by atoms with E-state index < -0.39 is 29.4 Å². The van der Waals surface area contributed by atoms with Crippen LogP contribution in [0.15, 0.2) is 30.3 Å². The monoisotopic (exact) mass is 349 g/mol. The Morgan fingerprint density at radius 1 is 1.16 bits per heavy atom. The van der Waals surface area contributed by atoms with Crippen LogP contribution in [0, 0.1) is 11.8 Å². The zero-order valence-electron chi connectivity index (χ0n) is 15.4. The molecule has 0 saturated carbocycles. The minimum Gasteiger partial charge on any atom is -0.497 e. The highest BCUT2D eigenvalue weighted by Gasteiger charge is 2.33. The first-order chi connectivity index (χ1) is 11.7. The third kappa shape index (κ3) is 6.97. The van der Waals surface area contributed by atoms with E-state index in [1.807, 2.05) is 36.4 Å². The van der Waals surface area contributed by atoms with E-state index in [9.17, 15) is 9.59 Å². The summed E-state index contributed by atoms with van der Waals surface area (Å²) in [6.07, 6.45) is 4.03. The van der Waals surface area contributed by atoms with Gasteiger partial charge in [-0.3, -0.25) is 9.59 Å². The second-order valence-electron chi connectivity index (χ2n) is 6.78. The molecule has 0 amide bonds. The van der Waals surface area contributed by atoms with E-state index in [0.717, 1.165) is 11.3 Å². The lowest BCUT2D eigenvalue weighted by Gasteiger charge is -2.25. The molecule has 1 rings (SSSR count). The molecule has 2 atom stereocenters. The van der Waals surface area contributed by atoms with Crippen LogP contribution in [-0.2, 0) is 19.2 Å². The van der Waals surface area contributed by atoms with E-state index in [-0.39, 0.29) is 0 Å². The summed E-state index contributed by atoms with van der Waals surface area (Å²) in [6, 6.07) is 7.49. The molecule has 1 aromatic carbocycles. The first-order valence-electron chi connectivity index (χ1n) is 8.12. The summed E-state index contributed by atoms with van der Waals surface area (Å²) in [6.45, 7) is 6.94. The van der Waals surface area contributed by atoms with E-state index in [2.05, 4.69) is 4.84 Å². The second kappa shape index (κ2) is 9.22. The number of rotatable bonds is 7. The molecule has 0 heterocycles. The number of ether oxygens (including phenoxy) is 2. The first kappa shape index (κ1) is 20.7. The largest absolute Gasteiger partial charge is 0.497 e. The molecular weight excluding hydrogens is 322 g/mol. The molecule has 138 valence electrons. The van der Waals surface area contributed by atoms with Crippen molar-refractivity contribution in [3.05, 3.63) is 35.9 Å². The summed E-state index contributed by atoms with van der Waals surface area (Å²) >= 11 is 0. The van der Waals surface area contributed by atoms with Gasteiger partial charge in [0.1, 0.15) is 11.4 Å². The molecule has 6 heteroatoms. The maximum absolute atomic E-state index is 12.4. The van der Waals surface area contributed by atoms with Gasteiger partial charge in [0.05, 0.1) is 18.9 Å². The van der Waals surface area contributed by atoms with Crippen molar-refractivity contribution in [1.29, 1.82) is 0 Å². The van der Waals surface area contributed by atoms with E-state index in [4.69, 9.17) is 15.4 Å². The van der Waals surface area contributed by atoms with Crippen molar-refractivity contribution in [2.24, 2.45) is 17.7 Å². The predicted molar refractivity (Wildman–Crippen MR) is 95.4 cm³/mol. The second-order valence-corrected chi connectivity index (χ2v) is 6.78. The van der Waals surface area contributed by atoms with Crippen LogP contribution in [0.25, 0.3) is 6.08 Å². The zero-order valence-corrected chi connectivity index (χ0v) is 15.4. The highest BCUT2D eigenvalue weighted by Crippen LogP contribution is 2.23. The summed E-state index contributed by atoms with van der Waals surface area (Å²) in [4.78, 5) is 28.4. The van der Waals surface area contributed by atoms with Gasteiger partial charge < -0.3 is 14.3 Å². The molecular formula is C19H27NO5. The predicted octanol–water partition coefficient (Wildman–Crippen LogP) is 3.11. The highest BCUT2D eigenvalue weighted by atomic mass is 16.7. The fraction of sp³-hybridized carbons (Fsp3) is 0.474. The Bertz CT molecular complexity index is 601. The van der Waals surface area contributed by atoms with Crippen molar-refractivity contribution in [3.63, 3.8) is 0 Å². The molecule has 0 radical (unpaired) electrons. The molecule has 2 unspecified atom stereocenters. The summed E-state index contributed by atoms with van der Waals surface area (Å²) < 4.78 is 10.5. The van der Waals surface area contributed by atoms with Gasteiger partial charge in [-0.05, 0) is 44.9 Å². The Hall–Kier alpha value is -2.34. The van der Waals surface area contributed by atoms with Crippen LogP contribution in [0.2, 0.25) is 0 Å². The number of hydrogen-bond donors (Lipinski definition) is 1. The van der Waals surface area contributed by atoms with Crippen LogP contribution < -0.4 is 10.6 Å². The number of esters is 1. The number of hydrogen-bond acceptors (Lipinski definition) is 6. The molecule has 25 heavy (non-hydrogen) atoms. The number of methoxy groups -OCH3 is 1. The third-order valence-corrected chi connectivity index (χ3v) is 3.62. The molecule has 0 aliphatic carbocycles. The van der Waals surface area contributed by atoms with Gasteiger partial charge in [-0.25, -0.2) is 0 Å². The van der Waals surface area contributed by atoms with Gasteiger partial charge in [0.25, 0.3) is 0 Å². The summed E-state index contributed by atoms with van der Waals surface area (Å²) in [5.74, 6) is 3.24. The summed E-state index contributed by atoms with van der Waals surface area (Å²) in [5.41, 5.74) is 0.319. The van der Waals surface area contributed by atoms with Crippen LogP contribution in [0.4, 0.5) is 0 Å². The van der Waals surface area contributed by atoms with Crippen molar-refractivity contribution in [3.8, 4) is 5.75 Å². The lowest BCUT2D eigenvalue weighted by molar-refractivity contribution is -0.167. The SMILES string of the molecule is COc1ccc(/C=C/CC(C(=O)OC(C)(C)C)C(C)C(=O)ON)cc1. The number of allylic oxidation sites excluding steroid dienone is 1. The molecule has 0 aliphatic heterocycles. The van der Waals surface area contributed by atoms with Crippen LogP contribution in [-0.4, -0.2) is 24.6 Å². The maximum Gasteiger partial charge on any atom is 0.328 e. The fourth-order valence-corrected chi connectivity index (χ4v) is 2.22. The average Bonchev–Trinajstić information content (AvgIpc) is 2.56. The smallest absolute Gasteiger partial charge is 0.328 e. The molecule has 0 fully saturated rings. The lowest BCUT2D eigenvalue weighted by atomic mass is 9.90. The van der Waals surface area contributed by atoms with Gasteiger partial charge in [-0.2, -0.15) is 5.90 Å². The van der Waals surface area contributed by atoms with E-state index in [1.54, 1.807) is 34.8 Å². The Morgan fingerprint density at radius 3 is 2.24 bits per heavy atom. The van der Waals surface area contributed by atoms with Crippen LogP contribution >= 0.6 is 0 Å². The number of benzene rings is 1. The van der Waals surface area contributed by atoms with Crippen LogP contribution in [0.3, 0.4) is 0 Å². The minimum absolute atomic E-state index is 0.331. The minimum atomic E-state index is -0.708. The Balaban J connectivity index is 2.86. The van der Waals surface area contributed by atoms with Gasteiger partial charge >= 0.3 is 11.9 Å². The van der Waals surface area contributed by atoms with Gasteiger partial charge in [0, 0.05) is 0 Å². The van der Waals surface area contributed by atoms with Crippen LogP contribution in [0.1, 0.15) is 39.7 Å². The van der Waals surface area contributed by atoms with Crippen molar-refractivity contribution < 1.29 is 23.9 Å². The highest BCUT2D eigenvalue weighted by molar-refractivity contribution is 5.82. The van der Waals surface area contributed by atoms with Gasteiger partial charge in [0.15, 0.2) is 0 Å².